The summed E-state index contributed by atoms with van der Waals surface area (Å²) in [6.45, 7) is 3.97. The third-order valence-electron chi connectivity index (χ3n) is 5.05. The minimum Gasteiger partial charge on any atom is -0.323 e. The van der Waals surface area contributed by atoms with E-state index in [1.165, 1.54) is 18.1 Å². The van der Waals surface area contributed by atoms with Crippen LogP contribution in [-0.4, -0.2) is 15.9 Å². The van der Waals surface area contributed by atoms with Gasteiger partial charge in [-0.1, -0.05) is 53.7 Å². The predicted octanol–water partition coefficient (Wildman–Crippen LogP) is 7.45. The number of amides is 1. The summed E-state index contributed by atoms with van der Waals surface area (Å²) >= 11 is 8.86. The first-order chi connectivity index (χ1) is 15.6. The topological polar surface area (TPSA) is 54.9 Å². The first-order valence-electron chi connectivity index (χ1n) is 9.75. The Morgan fingerprint density at radius 1 is 1.12 bits per heavy atom. The number of benzene rings is 2. The average Bonchev–Trinajstić information content (AvgIpc) is 3.07. The predicted molar refractivity (Wildman–Crippen MR) is 127 cm³/mol. The molecule has 2 aromatic heterocycles. The monoisotopic (exact) mass is 507 g/mol. The van der Waals surface area contributed by atoms with Crippen LogP contribution in [0.2, 0.25) is 5.02 Å². The first-order valence-corrected chi connectivity index (χ1v) is 11.8. The van der Waals surface area contributed by atoms with E-state index in [0.29, 0.717) is 10.6 Å². The van der Waals surface area contributed by atoms with Crippen LogP contribution in [0.5, 0.6) is 0 Å². The van der Waals surface area contributed by atoms with Gasteiger partial charge in [-0.3, -0.25) is 4.79 Å². The smallest absolute Gasteiger partial charge is 0.323 e. The Morgan fingerprint density at radius 2 is 1.85 bits per heavy atom. The molecule has 0 fully saturated rings. The zero-order valence-corrected chi connectivity index (χ0v) is 19.8. The van der Waals surface area contributed by atoms with E-state index >= 15 is 0 Å². The lowest BCUT2D eigenvalue weighted by Gasteiger charge is -2.18. The number of aryl methyl sites for hydroxylation is 2. The van der Waals surface area contributed by atoms with Crippen molar-refractivity contribution in [3.05, 3.63) is 81.4 Å². The summed E-state index contributed by atoms with van der Waals surface area (Å²) < 4.78 is 39.5. The molecule has 10 heteroatoms. The Morgan fingerprint density at radius 3 is 2.55 bits per heavy atom. The molecule has 0 spiro atoms. The summed E-state index contributed by atoms with van der Waals surface area (Å²) in [4.78, 5) is 24.0. The Labute approximate surface area is 201 Å². The van der Waals surface area contributed by atoms with Crippen LogP contribution in [0, 0.1) is 13.8 Å². The SMILES string of the molecule is Cc1sc2ncnc(SC(C(=O)Nc3cc(C(F)(F)F)ccc3Cl)c3ccccc3)c2c1C. The molecule has 1 atom stereocenters. The number of hydrogen-bond donors (Lipinski definition) is 1. The van der Waals surface area contributed by atoms with Crippen molar-refractivity contribution in [2.75, 3.05) is 5.32 Å². The molecular weight excluding hydrogens is 491 g/mol. The maximum atomic E-state index is 13.3. The van der Waals surface area contributed by atoms with E-state index in [1.807, 2.05) is 19.9 Å². The van der Waals surface area contributed by atoms with E-state index in [9.17, 15) is 18.0 Å². The molecule has 1 amide bonds. The zero-order valence-electron chi connectivity index (χ0n) is 17.4. The summed E-state index contributed by atoms with van der Waals surface area (Å²) in [6, 6.07) is 11.8. The van der Waals surface area contributed by atoms with Gasteiger partial charge in [0.1, 0.15) is 21.4 Å². The summed E-state index contributed by atoms with van der Waals surface area (Å²) in [5, 5.41) is 3.31. The van der Waals surface area contributed by atoms with E-state index in [4.69, 9.17) is 11.6 Å². The second kappa shape index (κ2) is 9.32. The molecule has 0 bridgehead atoms. The van der Waals surface area contributed by atoms with Crippen LogP contribution >= 0.6 is 34.7 Å². The molecule has 4 nitrogen and oxygen atoms in total. The van der Waals surface area contributed by atoms with Gasteiger partial charge in [0, 0.05) is 10.3 Å². The molecule has 33 heavy (non-hydrogen) atoms. The number of alkyl halides is 3. The molecule has 0 saturated carbocycles. The standard InChI is InChI=1S/C23H17ClF3N3OS2/c1-12-13(2)32-21-18(12)22(29-11-28-21)33-19(14-6-4-3-5-7-14)20(31)30-17-10-15(23(25,26)27)8-9-16(17)24/h3-11,19H,1-2H3,(H,30,31). The molecule has 1 unspecified atom stereocenters. The highest BCUT2D eigenvalue weighted by molar-refractivity contribution is 8.00. The molecule has 4 aromatic rings. The van der Waals surface area contributed by atoms with Gasteiger partial charge in [-0.25, -0.2) is 9.97 Å². The van der Waals surface area contributed by atoms with E-state index in [0.717, 1.165) is 38.9 Å². The van der Waals surface area contributed by atoms with Crippen molar-refractivity contribution >= 4 is 56.5 Å². The number of halogens is 4. The van der Waals surface area contributed by atoms with Crippen molar-refractivity contribution in [2.45, 2.75) is 30.3 Å². The largest absolute Gasteiger partial charge is 0.416 e. The van der Waals surface area contributed by atoms with Gasteiger partial charge in [0.05, 0.1) is 16.3 Å². The summed E-state index contributed by atoms with van der Waals surface area (Å²) in [7, 11) is 0. The normalized spacial score (nSPS) is 12.7. The van der Waals surface area contributed by atoms with Crippen molar-refractivity contribution in [1.29, 1.82) is 0 Å². The number of carbonyl (C=O) groups excluding carboxylic acids is 1. The molecule has 2 aromatic carbocycles. The van der Waals surface area contributed by atoms with Gasteiger partial charge in [-0.2, -0.15) is 13.2 Å². The van der Waals surface area contributed by atoms with E-state index < -0.39 is 22.9 Å². The van der Waals surface area contributed by atoms with E-state index in [1.54, 1.807) is 35.6 Å². The molecule has 2 heterocycles. The highest BCUT2D eigenvalue weighted by Crippen LogP contribution is 2.42. The van der Waals surface area contributed by atoms with Crippen LogP contribution in [0.15, 0.2) is 59.9 Å². The Kier molecular flexibility index (Phi) is 6.65. The molecule has 170 valence electrons. The third kappa shape index (κ3) is 5.00. The minimum atomic E-state index is -4.56. The maximum Gasteiger partial charge on any atom is 0.416 e. The number of carbonyl (C=O) groups is 1. The van der Waals surface area contributed by atoms with Gasteiger partial charge in [0.15, 0.2) is 0 Å². The van der Waals surface area contributed by atoms with Crippen LogP contribution in [0.1, 0.15) is 26.8 Å². The minimum absolute atomic E-state index is 0.0156. The van der Waals surface area contributed by atoms with Crippen LogP contribution in [0.3, 0.4) is 0 Å². The Balaban J connectivity index is 1.72. The highest BCUT2D eigenvalue weighted by Gasteiger charge is 2.32. The van der Waals surface area contributed by atoms with Crippen LogP contribution in [0.25, 0.3) is 10.2 Å². The number of hydrogen-bond acceptors (Lipinski definition) is 5. The second-order valence-corrected chi connectivity index (χ2v) is 9.94. The Hall–Kier alpha value is -2.62. The third-order valence-corrected chi connectivity index (χ3v) is 7.75. The van der Waals surface area contributed by atoms with Crippen molar-refractivity contribution < 1.29 is 18.0 Å². The van der Waals surface area contributed by atoms with Crippen molar-refractivity contribution in [3.8, 4) is 0 Å². The van der Waals surface area contributed by atoms with Crippen molar-refractivity contribution in [2.24, 2.45) is 0 Å². The van der Waals surface area contributed by atoms with Crippen molar-refractivity contribution in [1.82, 2.24) is 9.97 Å². The molecule has 0 radical (unpaired) electrons. The second-order valence-electron chi connectivity index (χ2n) is 7.23. The van der Waals surface area contributed by atoms with Crippen LogP contribution in [0.4, 0.5) is 18.9 Å². The number of anilines is 1. The number of thiophene rings is 1. The fraction of sp³-hybridized carbons (Fsp3) is 0.174. The molecule has 1 N–H and O–H groups in total. The van der Waals surface area contributed by atoms with E-state index in [2.05, 4.69) is 15.3 Å². The fourth-order valence-corrected chi connectivity index (χ4v) is 5.63. The molecular formula is C23H17ClF3N3OS2. The molecule has 0 aliphatic heterocycles. The number of aromatic nitrogens is 2. The summed E-state index contributed by atoms with van der Waals surface area (Å²) in [5.41, 5.74) is 0.715. The highest BCUT2D eigenvalue weighted by atomic mass is 35.5. The molecule has 0 aliphatic carbocycles. The summed E-state index contributed by atoms with van der Waals surface area (Å²) in [6.07, 6.45) is -3.11. The number of thioether (sulfide) groups is 1. The lowest BCUT2D eigenvalue weighted by atomic mass is 10.1. The average molecular weight is 508 g/mol. The van der Waals surface area contributed by atoms with Gasteiger partial charge in [-0.15, -0.1) is 11.3 Å². The van der Waals surface area contributed by atoms with Gasteiger partial charge in [0.25, 0.3) is 0 Å². The van der Waals surface area contributed by atoms with Crippen LogP contribution in [-0.2, 0) is 11.0 Å². The molecule has 4 rings (SSSR count). The zero-order chi connectivity index (χ0) is 23.8. The van der Waals surface area contributed by atoms with Gasteiger partial charge < -0.3 is 5.32 Å². The number of nitrogens with zero attached hydrogens (tertiary/aromatic N) is 2. The first kappa shape index (κ1) is 23.5. The Bertz CT molecular complexity index is 1330. The van der Waals surface area contributed by atoms with Gasteiger partial charge in [0.2, 0.25) is 5.91 Å². The van der Waals surface area contributed by atoms with Crippen LogP contribution < -0.4 is 5.32 Å². The van der Waals surface area contributed by atoms with Gasteiger partial charge >= 0.3 is 6.18 Å². The summed E-state index contributed by atoms with van der Waals surface area (Å²) in [5.74, 6) is -0.510. The lowest BCUT2D eigenvalue weighted by molar-refractivity contribution is -0.137. The quantitative estimate of drug-likeness (QED) is 0.225. The van der Waals surface area contributed by atoms with Gasteiger partial charge in [-0.05, 0) is 43.2 Å². The maximum absolute atomic E-state index is 13.3. The number of nitrogens with one attached hydrogen (secondary N) is 1. The molecule has 0 aliphatic rings. The van der Waals surface area contributed by atoms with Crippen molar-refractivity contribution in [3.63, 3.8) is 0 Å². The fourth-order valence-electron chi connectivity index (χ4n) is 3.25. The number of fused-ring (bicyclic) bond motifs is 1. The lowest BCUT2D eigenvalue weighted by Crippen LogP contribution is -2.20. The number of rotatable bonds is 5. The van der Waals surface area contributed by atoms with E-state index in [-0.39, 0.29) is 10.7 Å². The molecule has 0 saturated heterocycles.